The van der Waals surface area contributed by atoms with E-state index in [1.807, 2.05) is 0 Å². The minimum atomic E-state index is 0. The molecule has 1 heterocycles. The maximum atomic E-state index is 6.47. The number of hydrogen-bond donors (Lipinski definition) is 0. The van der Waals surface area contributed by atoms with Crippen LogP contribution in [-0.2, 0) is 9.47 Å². The fraction of sp³-hybridized carbons (Fsp3) is 0.909. The third kappa shape index (κ3) is 32.8. The summed E-state index contributed by atoms with van der Waals surface area (Å²) >= 11 is 0. The maximum absolute atomic E-state index is 6.47. The molecule has 1 aliphatic rings. The van der Waals surface area contributed by atoms with Gasteiger partial charge in [0.25, 0.3) is 0 Å². The first kappa shape index (κ1) is 47.7. The number of ether oxygens (including phenoxy) is 2. The van der Waals surface area contributed by atoms with Gasteiger partial charge in [-0.2, -0.15) is 0 Å². The summed E-state index contributed by atoms with van der Waals surface area (Å²) in [6.07, 6.45) is 50.6. The third-order valence-corrected chi connectivity index (χ3v) is 10.4. The first-order chi connectivity index (χ1) is 23.2. The monoisotopic (exact) mass is 696 g/mol. The fourth-order valence-electron chi connectivity index (χ4n) is 7.19. The highest BCUT2D eigenvalue weighted by atomic mass is 35.5. The average Bonchev–Trinajstić information content (AvgIpc) is 3.51. The number of nitrogens with zero attached hydrogens (tertiary/aromatic N) is 1. The molecule has 48 heavy (non-hydrogen) atoms. The highest BCUT2D eigenvalue weighted by Gasteiger charge is 2.30. The zero-order valence-corrected chi connectivity index (χ0v) is 33.7. The second kappa shape index (κ2) is 37.9. The van der Waals surface area contributed by atoms with Crippen LogP contribution in [0.25, 0.3) is 0 Å². The standard InChI is InChI=1S/C44H86NO2.ClH/c1-4-6-8-10-12-14-16-18-20-22-24-26-28-30-32-36-40-46-43-44(42-45(3)38-34-35-39-45)47-41-37-33-31-29-27-25-23-21-19-17-15-13-11-9-7-5-2;/h18-21,44H,4-17,22-43H2,1-3H3;1H/q+1;/p-1/b20-18-,21-19-;. The molecule has 0 radical (unpaired) electrons. The van der Waals surface area contributed by atoms with E-state index in [0.29, 0.717) is 0 Å². The topological polar surface area (TPSA) is 18.5 Å². The van der Waals surface area contributed by atoms with Crippen molar-refractivity contribution >= 4 is 0 Å². The van der Waals surface area contributed by atoms with Crippen LogP contribution in [0.4, 0.5) is 0 Å². The summed E-state index contributed by atoms with van der Waals surface area (Å²) in [7, 11) is 2.43. The van der Waals surface area contributed by atoms with E-state index in [1.165, 1.54) is 210 Å². The van der Waals surface area contributed by atoms with E-state index >= 15 is 0 Å². The molecular weight excluding hydrogens is 610 g/mol. The number of hydrogen-bond acceptors (Lipinski definition) is 2. The number of unbranched alkanes of at least 4 members (excludes halogenated alkanes) is 24. The van der Waals surface area contributed by atoms with Crippen LogP contribution in [0.15, 0.2) is 24.3 Å². The van der Waals surface area contributed by atoms with Crippen LogP contribution in [0.5, 0.6) is 0 Å². The molecular formula is C44H86ClNO2. The number of rotatable bonds is 37. The second-order valence-electron chi connectivity index (χ2n) is 15.4. The molecule has 0 spiro atoms. The predicted octanol–water partition coefficient (Wildman–Crippen LogP) is 10.7. The lowest BCUT2D eigenvalue weighted by atomic mass is 10.1. The van der Waals surface area contributed by atoms with Gasteiger partial charge in [-0.05, 0) is 64.2 Å². The first-order valence-corrected chi connectivity index (χ1v) is 21.5. The Balaban J connectivity index is 0.0000221. The van der Waals surface area contributed by atoms with Crippen LogP contribution in [0.3, 0.4) is 0 Å². The lowest BCUT2D eigenvalue weighted by Gasteiger charge is -2.33. The van der Waals surface area contributed by atoms with Gasteiger partial charge >= 0.3 is 0 Å². The zero-order chi connectivity index (χ0) is 33.8. The van der Waals surface area contributed by atoms with Crippen LogP contribution >= 0.6 is 0 Å². The Morgan fingerprint density at radius 2 is 0.833 bits per heavy atom. The minimum absolute atomic E-state index is 0. The molecule has 0 aromatic carbocycles. The molecule has 0 aliphatic carbocycles. The van der Waals surface area contributed by atoms with Crippen molar-refractivity contribution in [1.82, 2.24) is 0 Å². The summed E-state index contributed by atoms with van der Waals surface area (Å²) in [4.78, 5) is 0. The Labute approximate surface area is 308 Å². The Kier molecular flexibility index (Phi) is 37.6. The van der Waals surface area contributed by atoms with E-state index in [0.717, 1.165) is 26.4 Å². The molecule has 4 heteroatoms. The molecule has 0 bridgehead atoms. The highest BCUT2D eigenvalue weighted by Crippen LogP contribution is 2.19. The fourth-order valence-corrected chi connectivity index (χ4v) is 7.19. The van der Waals surface area contributed by atoms with Gasteiger partial charge in [-0.15, -0.1) is 0 Å². The van der Waals surface area contributed by atoms with Gasteiger partial charge in [0.15, 0.2) is 0 Å². The van der Waals surface area contributed by atoms with Crippen molar-refractivity contribution in [3.05, 3.63) is 24.3 Å². The lowest BCUT2D eigenvalue weighted by molar-refractivity contribution is -0.900. The highest BCUT2D eigenvalue weighted by molar-refractivity contribution is 4.82. The van der Waals surface area contributed by atoms with E-state index in [-0.39, 0.29) is 18.5 Å². The largest absolute Gasteiger partial charge is 1.00 e. The SMILES string of the molecule is CCCCCCCC/C=C\CCCCCCCCOCC(C[N+]1(C)CCCC1)OCCCCCCCC/C=C\CCCCCCCC.[Cl-]. The molecule has 0 aromatic heterocycles. The molecule has 1 atom stereocenters. The van der Waals surface area contributed by atoms with Crippen LogP contribution < -0.4 is 12.4 Å². The van der Waals surface area contributed by atoms with Crippen molar-refractivity contribution in [2.45, 2.75) is 213 Å². The summed E-state index contributed by atoms with van der Waals surface area (Å²) < 4.78 is 13.8. The van der Waals surface area contributed by atoms with Crippen molar-refractivity contribution in [3.8, 4) is 0 Å². The normalized spacial score (nSPS) is 15.1. The summed E-state index contributed by atoms with van der Waals surface area (Å²) in [5.41, 5.74) is 0. The van der Waals surface area contributed by atoms with Crippen LogP contribution in [-0.4, -0.2) is 57.1 Å². The summed E-state index contributed by atoms with van der Waals surface area (Å²) in [6, 6.07) is 0. The van der Waals surface area contributed by atoms with Gasteiger partial charge in [-0.25, -0.2) is 0 Å². The average molecular weight is 697 g/mol. The molecule has 1 saturated heterocycles. The van der Waals surface area contributed by atoms with Crippen molar-refractivity contribution in [3.63, 3.8) is 0 Å². The summed E-state index contributed by atoms with van der Waals surface area (Å²) in [5, 5.41) is 0. The van der Waals surface area contributed by atoms with Crippen molar-refractivity contribution in [2.24, 2.45) is 0 Å². The Bertz CT molecular complexity index is 675. The first-order valence-electron chi connectivity index (χ1n) is 21.5. The van der Waals surface area contributed by atoms with Gasteiger partial charge in [0, 0.05) is 26.1 Å². The van der Waals surface area contributed by atoms with Gasteiger partial charge in [-0.3, -0.25) is 0 Å². The molecule has 1 aliphatic heterocycles. The van der Waals surface area contributed by atoms with Crippen LogP contribution in [0.1, 0.15) is 206 Å². The molecule has 1 rings (SSSR count). The summed E-state index contributed by atoms with van der Waals surface area (Å²) in [5.74, 6) is 0. The van der Waals surface area contributed by atoms with Gasteiger partial charge < -0.3 is 26.4 Å². The van der Waals surface area contributed by atoms with E-state index < -0.39 is 0 Å². The van der Waals surface area contributed by atoms with Crippen molar-refractivity contribution < 1.29 is 26.4 Å². The Morgan fingerprint density at radius 1 is 0.479 bits per heavy atom. The molecule has 3 nitrogen and oxygen atoms in total. The second-order valence-corrected chi connectivity index (χ2v) is 15.4. The molecule has 0 N–H and O–H groups in total. The van der Waals surface area contributed by atoms with Crippen LogP contribution in [0, 0.1) is 0 Å². The molecule has 0 amide bonds. The minimum Gasteiger partial charge on any atom is -1.00 e. The van der Waals surface area contributed by atoms with E-state index in [1.54, 1.807) is 0 Å². The zero-order valence-electron chi connectivity index (χ0n) is 33.0. The lowest BCUT2D eigenvalue weighted by Crippen LogP contribution is -3.00. The van der Waals surface area contributed by atoms with E-state index in [2.05, 4.69) is 45.2 Å². The van der Waals surface area contributed by atoms with Gasteiger partial charge in [0.2, 0.25) is 0 Å². The van der Waals surface area contributed by atoms with Gasteiger partial charge in [-0.1, -0.05) is 154 Å². The predicted molar refractivity (Wildman–Crippen MR) is 209 cm³/mol. The smallest absolute Gasteiger partial charge is 0.130 e. The Morgan fingerprint density at radius 3 is 1.25 bits per heavy atom. The third-order valence-electron chi connectivity index (χ3n) is 10.4. The molecule has 1 fully saturated rings. The van der Waals surface area contributed by atoms with E-state index in [9.17, 15) is 0 Å². The number of likely N-dealkylation sites (N-methyl/N-ethyl adjacent to an activating group) is 1. The number of likely N-dealkylation sites (tertiary alicyclic amines) is 1. The number of allylic oxidation sites excluding steroid dienone is 4. The number of quaternary nitrogens is 1. The number of halogens is 1. The summed E-state index contributed by atoms with van der Waals surface area (Å²) in [6.45, 7) is 10.9. The maximum Gasteiger partial charge on any atom is 0.130 e. The van der Waals surface area contributed by atoms with E-state index in [4.69, 9.17) is 9.47 Å². The van der Waals surface area contributed by atoms with Crippen molar-refractivity contribution in [1.29, 1.82) is 0 Å². The van der Waals surface area contributed by atoms with Crippen molar-refractivity contribution in [2.75, 3.05) is 46.5 Å². The molecule has 1 unspecified atom stereocenters. The quantitative estimate of drug-likeness (QED) is 0.0366. The van der Waals surface area contributed by atoms with Gasteiger partial charge in [0.05, 0.1) is 26.7 Å². The van der Waals surface area contributed by atoms with Crippen LogP contribution in [0.2, 0.25) is 0 Å². The molecule has 286 valence electrons. The Hall–Kier alpha value is -0.350. The van der Waals surface area contributed by atoms with Gasteiger partial charge in [0.1, 0.15) is 12.6 Å². The molecule has 0 aromatic rings. The molecule has 0 saturated carbocycles.